The number of hydrogen-bond acceptors (Lipinski definition) is 1. The summed E-state index contributed by atoms with van der Waals surface area (Å²) in [5, 5.41) is 0. The Balaban J connectivity index is 2.25. The maximum absolute atomic E-state index is 12.0. The number of Topliss-reactive ketones (excluding diaryl/α,β-unsaturated/α-hetero) is 1. The van der Waals surface area contributed by atoms with E-state index in [4.69, 9.17) is 0 Å². The zero-order valence-corrected chi connectivity index (χ0v) is 17.1. The molecular weight excluding hydrogens is 372 g/mol. The van der Waals surface area contributed by atoms with Crippen molar-refractivity contribution in [3.05, 3.63) is 57.6 Å². The average Bonchev–Trinajstić information content (AvgIpc) is 2.87. The molecule has 0 saturated carbocycles. The largest absolute Gasteiger partial charge is 0.295 e. The van der Waals surface area contributed by atoms with Crippen molar-refractivity contribution in [1.29, 1.82) is 0 Å². The van der Waals surface area contributed by atoms with Gasteiger partial charge >= 0.3 is 0 Å². The van der Waals surface area contributed by atoms with Gasteiger partial charge in [0.05, 0.1) is 0 Å². The molecule has 0 fully saturated rings. The van der Waals surface area contributed by atoms with Crippen molar-refractivity contribution in [3.8, 4) is 11.1 Å². The Hall–Kier alpha value is -1.41. The first-order valence-corrected chi connectivity index (χ1v) is 10.3. The third-order valence-electron chi connectivity index (χ3n) is 5.64. The van der Waals surface area contributed by atoms with Crippen molar-refractivity contribution >= 4 is 21.7 Å². The van der Waals surface area contributed by atoms with E-state index in [2.05, 4.69) is 60.1 Å². The van der Waals surface area contributed by atoms with E-state index in [1.54, 1.807) is 6.92 Å². The Morgan fingerprint density at radius 2 is 1.48 bits per heavy atom. The van der Waals surface area contributed by atoms with Crippen molar-refractivity contribution in [1.82, 2.24) is 0 Å². The summed E-state index contributed by atoms with van der Waals surface area (Å²) in [7, 11) is 0. The van der Waals surface area contributed by atoms with E-state index in [1.165, 1.54) is 47.9 Å². The lowest BCUT2D eigenvalue weighted by Crippen LogP contribution is -2.25. The monoisotopic (exact) mass is 398 g/mol. The highest BCUT2D eigenvalue weighted by Crippen LogP contribution is 2.54. The highest BCUT2D eigenvalue weighted by Gasteiger charge is 2.42. The molecule has 0 radical (unpaired) electrons. The Labute approximate surface area is 160 Å². The molecule has 0 saturated heterocycles. The number of carbonyl (C=O) groups is 1. The molecule has 2 aromatic rings. The molecule has 0 unspecified atom stereocenters. The van der Waals surface area contributed by atoms with Crippen LogP contribution in [-0.4, -0.2) is 5.78 Å². The molecule has 0 atom stereocenters. The van der Waals surface area contributed by atoms with Gasteiger partial charge in [0.1, 0.15) is 0 Å². The van der Waals surface area contributed by atoms with Crippen molar-refractivity contribution < 1.29 is 4.79 Å². The first-order valence-electron chi connectivity index (χ1n) is 9.49. The van der Waals surface area contributed by atoms with Gasteiger partial charge in [-0.15, -0.1) is 0 Å². The third kappa shape index (κ3) is 3.21. The summed E-state index contributed by atoms with van der Waals surface area (Å²) in [6, 6.07) is 13.0. The standard InChI is InChI=1S/C23H27BrO/c1-4-6-12-23(13-7-5-2)21-14-17(16(3)25)8-10-19(21)20-11-9-18(24)15-22(20)23/h8-11,14-15H,4-7,12-13H2,1-3H3. The van der Waals surface area contributed by atoms with Crippen LogP contribution in [-0.2, 0) is 5.41 Å². The maximum Gasteiger partial charge on any atom is 0.159 e. The van der Waals surface area contributed by atoms with E-state index in [1.807, 2.05) is 6.07 Å². The molecule has 0 N–H and O–H groups in total. The summed E-state index contributed by atoms with van der Waals surface area (Å²) >= 11 is 3.68. The second kappa shape index (κ2) is 7.45. The summed E-state index contributed by atoms with van der Waals surface area (Å²) in [5.41, 5.74) is 6.37. The van der Waals surface area contributed by atoms with E-state index in [-0.39, 0.29) is 11.2 Å². The number of halogens is 1. The van der Waals surface area contributed by atoms with Crippen molar-refractivity contribution in [3.63, 3.8) is 0 Å². The molecule has 132 valence electrons. The van der Waals surface area contributed by atoms with Crippen molar-refractivity contribution in [2.24, 2.45) is 0 Å². The van der Waals surface area contributed by atoms with E-state index in [0.29, 0.717) is 0 Å². The van der Waals surface area contributed by atoms with Crippen LogP contribution >= 0.6 is 15.9 Å². The van der Waals surface area contributed by atoms with Crippen LogP contribution in [0.4, 0.5) is 0 Å². The number of unbranched alkanes of at least 4 members (excludes halogenated alkanes) is 2. The van der Waals surface area contributed by atoms with E-state index in [0.717, 1.165) is 22.9 Å². The highest BCUT2D eigenvalue weighted by molar-refractivity contribution is 9.10. The summed E-state index contributed by atoms with van der Waals surface area (Å²) in [4.78, 5) is 12.0. The smallest absolute Gasteiger partial charge is 0.159 e. The first kappa shape index (κ1) is 18.4. The molecule has 1 aliphatic rings. The molecule has 0 bridgehead atoms. The Bertz CT molecular complexity index is 783. The van der Waals surface area contributed by atoms with Gasteiger partial charge in [-0.2, -0.15) is 0 Å². The van der Waals surface area contributed by atoms with Crippen LogP contribution < -0.4 is 0 Å². The fraction of sp³-hybridized carbons (Fsp3) is 0.435. The number of hydrogen-bond donors (Lipinski definition) is 0. The summed E-state index contributed by atoms with van der Waals surface area (Å²) in [6.07, 6.45) is 7.11. The summed E-state index contributed by atoms with van der Waals surface area (Å²) < 4.78 is 1.14. The molecule has 25 heavy (non-hydrogen) atoms. The van der Waals surface area contributed by atoms with Gasteiger partial charge in [-0.1, -0.05) is 73.7 Å². The number of ketones is 1. The summed E-state index contributed by atoms with van der Waals surface area (Å²) in [5.74, 6) is 0.153. The van der Waals surface area contributed by atoms with Crippen molar-refractivity contribution in [2.45, 2.75) is 64.7 Å². The predicted octanol–water partition coefficient (Wildman–Crippen LogP) is 7.30. The molecule has 3 rings (SSSR count). The molecule has 0 amide bonds. The lowest BCUT2D eigenvalue weighted by Gasteiger charge is -2.33. The minimum atomic E-state index is 0.0475. The fourth-order valence-corrected chi connectivity index (χ4v) is 4.67. The van der Waals surface area contributed by atoms with Gasteiger partial charge in [0.15, 0.2) is 5.78 Å². The number of rotatable bonds is 7. The van der Waals surface area contributed by atoms with Gasteiger partial charge in [0.25, 0.3) is 0 Å². The van der Waals surface area contributed by atoms with Crippen LogP contribution in [0.1, 0.15) is 80.8 Å². The lowest BCUT2D eigenvalue weighted by molar-refractivity contribution is 0.101. The molecule has 2 heteroatoms. The quantitative estimate of drug-likeness (QED) is 0.447. The highest BCUT2D eigenvalue weighted by atomic mass is 79.9. The van der Waals surface area contributed by atoms with Crippen LogP contribution in [0.15, 0.2) is 40.9 Å². The van der Waals surface area contributed by atoms with Gasteiger partial charge in [-0.25, -0.2) is 0 Å². The zero-order valence-electron chi connectivity index (χ0n) is 15.5. The van der Waals surface area contributed by atoms with Gasteiger partial charge in [0, 0.05) is 15.5 Å². The van der Waals surface area contributed by atoms with Crippen LogP contribution in [0, 0.1) is 0 Å². The van der Waals surface area contributed by atoms with Gasteiger partial charge in [-0.3, -0.25) is 4.79 Å². The van der Waals surface area contributed by atoms with Gasteiger partial charge in [0.2, 0.25) is 0 Å². The summed E-state index contributed by atoms with van der Waals surface area (Å²) in [6.45, 7) is 6.19. The Morgan fingerprint density at radius 1 is 0.920 bits per heavy atom. The van der Waals surface area contributed by atoms with E-state index < -0.39 is 0 Å². The molecule has 0 aromatic heterocycles. The molecule has 0 aliphatic heterocycles. The van der Waals surface area contributed by atoms with Crippen LogP contribution in [0.25, 0.3) is 11.1 Å². The van der Waals surface area contributed by atoms with Crippen LogP contribution in [0.2, 0.25) is 0 Å². The van der Waals surface area contributed by atoms with Crippen molar-refractivity contribution in [2.75, 3.05) is 0 Å². The molecule has 0 spiro atoms. The topological polar surface area (TPSA) is 17.1 Å². The molecular formula is C23H27BrO. The van der Waals surface area contributed by atoms with E-state index >= 15 is 0 Å². The number of benzene rings is 2. The molecule has 1 nitrogen and oxygen atoms in total. The Kier molecular flexibility index (Phi) is 5.48. The fourth-order valence-electron chi connectivity index (χ4n) is 4.31. The maximum atomic E-state index is 12.0. The minimum absolute atomic E-state index is 0.0475. The number of fused-ring (bicyclic) bond motifs is 3. The predicted molar refractivity (Wildman–Crippen MR) is 109 cm³/mol. The lowest BCUT2D eigenvalue weighted by atomic mass is 9.70. The first-order chi connectivity index (χ1) is 12.0. The molecule has 1 aliphatic carbocycles. The van der Waals surface area contributed by atoms with Gasteiger partial charge < -0.3 is 0 Å². The Morgan fingerprint density at radius 3 is 2.04 bits per heavy atom. The minimum Gasteiger partial charge on any atom is -0.295 e. The molecule has 0 heterocycles. The molecule has 2 aromatic carbocycles. The number of carbonyl (C=O) groups excluding carboxylic acids is 1. The third-order valence-corrected chi connectivity index (χ3v) is 6.14. The van der Waals surface area contributed by atoms with E-state index in [9.17, 15) is 4.79 Å². The van der Waals surface area contributed by atoms with Gasteiger partial charge in [-0.05, 0) is 60.2 Å². The SMILES string of the molecule is CCCCC1(CCCC)c2cc(Br)ccc2-c2ccc(C(C)=O)cc21. The average molecular weight is 399 g/mol. The zero-order chi connectivity index (χ0) is 18.0. The van der Waals surface area contributed by atoms with Crippen LogP contribution in [0.5, 0.6) is 0 Å². The second-order valence-corrected chi connectivity index (χ2v) is 8.21. The van der Waals surface area contributed by atoms with Crippen LogP contribution in [0.3, 0.4) is 0 Å². The second-order valence-electron chi connectivity index (χ2n) is 7.30. The normalized spacial score (nSPS) is 14.2.